The van der Waals surface area contributed by atoms with Gasteiger partial charge < -0.3 is 19.1 Å². The van der Waals surface area contributed by atoms with Crippen LogP contribution in [0.2, 0.25) is 0 Å². The molecule has 0 radical (unpaired) electrons. The van der Waals surface area contributed by atoms with Crippen LogP contribution < -0.4 is 0 Å². The highest BCUT2D eigenvalue weighted by Crippen LogP contribution is 2.38. The molecule has 0 saturated carbocycles. The molecule has 0 spiro atoms. The molecule has 2 saturated heterocycles. The molecule has 0 aromatic heterocycles. The summed E-state index contributed by atoms with van der Waals surface area (Å²) in [4.78, 5) is 27.2. The van der Waals surface area contributed by atoms with Crippen molar-refractivity contribution in [3.63, 3.8) is 0 Å². The lowest BCUT2D eigenvalue weighted by atomic mass is 9.76. The predicted molar refractivity (Wildman–Crippen MR) is 100 cm³/mol. The number of hydrogen-bond donors (Lipinski definition) is 0. The smallest absolute Gasteiger partial charge is 0.410 e. The Bertz CT molecular complexity index is 617. The van der Waals surface area contributed by atoms with Gasteiger partial charge in [-0.1, -0.05) is 30.3 Å². The SMILES string of the molecule is COC(CC(=O)C1CC2CCCC(C1)N2C(=O)OCc1ccccc1)OC. The largest absolute Gasteiger partial charge is 0.445 e. The summed E-state index contributed by atoms with van der Waals surface area (Å²) >= 11 is 0. The lowest BCUT2D eigenvalue weighted by molar-refractivity contribution is -0.143. The Hall–Kier alpha value is -1.92. The molecular weight excluding hydrogens is 346 g/mol. The molecule has 2 unspecified atom stereocenters. The minimum Gasteiger partial charge on any atom is -0.445 e. The summed E-state index contributed by atoms with van der Waals surface area (Å²) in [7, 11) is 3.09. The molecule has 1 aromatic carbocycles. The van der Waals surface area contributed by atoms with E-state index in [-0.39, 0.29) is 42.9 Å². The summed E-state index contributed by atoms with van der Waals surface area (Å²) < 4.78 is 15.9. The summed E-state index contributed by atoms with van der Waals surface area (Å²) in [6.45, 7) is 0.279. The van der Waals surface area contributed by atoms with Crippen molar-refractivity contribution in [3.05, 3.63) is 35.9 Å². The summed E-state index contributed by atoms with van der Waals surface area (Å²) in [5, 5.41) is 0. The summed E-state index contributed by atoms with van der Waals surface area (Å²) in [6.07, 6.45) is 3.87. The zero-order valence-corrected chi connectivity index (χ0v) is 16.1. The van der Waals surface area contributed by atoms with Crippen LogP contribution in [0.25, 0.3) is 0 Å². The number of carbonyl (C=O) groups is 2. The maximum absolute atomic E-state index is 12.7. The van der Waals surface area contributed by atoms with Gasteiger partial charge >= 0.3 is 6.09 Å². The van der Waals surface area contributed by atoms with Crippen molar-refractivity contribution in [2.75, 3.05) is 14.2 Å². The fraction of sp³-hybridized carbons (Fsp3) is 0.619. The quantitative estimate of drug-likeness (QED) is 0.682. The number of benzene rings is 1. The molecule has 3 rings (SSSR count). The first kappa shape index (κ1) is 19.8. The third-order valence-electron chi connectivity index (χ3n) is 5.74. The average Bonchev–Trinajstić information content (AvgIpc) is 2.69. The second-order valence-corrected chi connectivity index (χ2v) is 7.43. The number of Topliss-reactive ketones (excluding diaryl/α,β-unsaturated/α-hetero) is 1. The van der Waals surface area contributed by atoms with Gasteiger partial charge in [-0.25, -0.2) is 4.79 Å². The highest BCUT2D eigenvalue weighted by atomic mass is 16.7. The van der Waals surface area contributed by atoms with Crippen LogP contribution in [0.3, 0.4) is 0 Å². The van der Waals surface area contributed by atoms with E-state index in [1.165, 1.54) is 0 Å². The Balaban J connectivity index is 1.59. The van der Waals surface area contributed by atoms with Crippen molar-refractivity contribution in [3.8, 4) is 0 Å². The topological polar surface area (TPSA) is 65.1 Å². The minimum absolute atomic E-state index is 0.0359. The Labute approximate surface area is 160 Å². The van der Waals surface area contributed by atoms with Gasteiger partial charge in [0.1, 0.15) is 12.4 Å². The predicted octanol–water partition coefficient (Wildman–Crippen LogP) is 3.53. The standard InChI is InChI=1S/C21H29NO5/c1-25-20(26-2)13-19(23)16-11-17-9-6-10-18(12-16)22(17)21(24)27-14-15-7-4-3-5-8-15/h3-5,7-8,16-18,20H,6,9-14H2,1-2H3. The number of fused-ring (bicyclic) bond motifs is 2. The normalized spacial score (nSPS) is 24.7. The summed E-state index contributed by atoms with van der Waals surface area (Å²) in [5.41, 5.74) is 0.978. The van der Waals surface area contributed by atoms with E-state index in [9.17, 15) is 9.59 Å². The minimum atomic E-state index is -0.494. The van der Waals surface area contributed by atoms with Crippen molar-refractivity contribution in [2.45, 2.75) is 63.5 Å². The van der Waals surface area contributed by atoms with E-state index >= 15 is 0 Å². The molecule has 2 aliphatic heterocycles. The van der Waals surface area contributed by atoms with Crippen molar-refractivity contribution < 1.29 is 23.8 Å². The number of carbonyl (C=O) groups excluding carboxylic acids is 2. The van der Waals surface area contributed by atoms with Crippen molar-refractivity contribution in [2.24, 2.45) is 5.92 Å². The third kappa shape index (κ3) is 4.87. The Morgan fingerprint density at radius 1 is 1.07 bits per heavy atom. The van der Waals surface area contributed by atoms with Crippen LogP contribution in [-0.2, 0) is 25.6 Å². The van der Waals surface area contributed by atoms with E-state index in [1.54, 1.807) is 14.2 Å². The first-order chi connectivity index (χ1) is 13.1. The number of ketones is 1. The molecule has 0 N–H and O–H groups in total. The summed E-state index contributed by atoms with van der Waals surface area (Å²) in [5.74, 6) is 0.129. The van der Waals surface area contributed by atoms with Gasteiger partial charge in [0, 0.05) is 32.2 Å². The molecule has 1 amide bonds. The molecule has 2 heterocycles. The Morgan fingerprint density at radius 3 is 2.30 bits per heavy atom. The van der Waals surface area contributed by atoms with Crippen molar-refractivity contribution in [1.82, 2.24) is 4.90 Å². The van der Waals surface area contributed by atoms with Crippen LogP contribution in [-0.4, -0.2) is 49.4 Å². The lowest BCUT2D eigenvalue weighted by Crippen LogP contribution is -2.55. The highest BCUT2D eigenvalue weighted by molar-refractivity contribution is 5.82. The van der Waals surface area contributed by atoms with Crippen molar-refractivity contribution >= 4 is 11.9 Å². The zero-order chi connectivity index (χ0) is 19.2. The number of piperidine rings is 2. The number of rotatable bonds is 7. The summed E-state index contributed by atoms with van der Waals surface area (Å²) in [6, 6.07) is 9.86. The maximum atomic E-state index is 12.7. The second kappa shape index (κ2) is 9.33. The molecule has 6 heteroatoms. The van der Waals surface area contributed by atoms with E-state index in [2.05, 4.69) is 0 Å². The monoisotopic (exact) mass is 375 g/mol. The molecule has 27 heavy (non-hydrogen) atoms. The lowest BCUT2D eigenvalue weighted by Gasteiger charge is -2.47. The molecule has 2 aliphatic rings. The van der Waals surface area contributed by atoms with Gasteiger partial charge in [0.2, 0.25) is 0 Å². The number of hydrogen-bond acceptors (Lipinski definition) is 5. The molecule has 6 nitrogen and oxygen atoms in total. The number of methoxy groups -OCH3 is 2. The van der Waals surface area contributed by atoms with Crippen LogP contribution in [0.4, 0.5) is 4.79 Å². The molecular formula is C21H29NO5. The second-order valence-electron chi connectivity index (χ2n) is 7.43. The molecule has 2 bridgehead atoms. The zero-order valence-electron chi connectivity index (χ0n) is 16.1. The first-order valence-electron chi connectivity index (χ1n) is 9.69. The van der Waals surface area contributed by atoms with Gasteiger partial charge in [-0.3, -0.25) is 4.79 Å². The highest BCUT2D eigenvalue weighted by Gasteiger charge is 2.43. The average molecular weight is 375 g/mol. The van der Waals surface area contributed by atoms with Crippen LogP contribution >= 0.6 is 0 Å². The fourth-order valence-corrected chi connectivity index (χ4v) is 4.33. The Morgan fingerprint density at radius 2 is 1.70 bits per heavy atom. The third-order valence-corrected chi connectivity index (χ3v) is 5.74. The molecule has 148 valence electrons. The molecule has 2 fully saturated rings. The first-order valence-corrected chi connectivity index (χ1v) is 9.69. The molecule has 2 atom stereocenters. The fourth-order valence-electron chi connectivity index (χ4n) is 4.33. The van der Waals surface area contributed by atoms with Gasteiger partial charge in [0.15, 0.2) is 6.29 Å². The van der Waals surface area contributed by atoms with Gasteiger partial charge in [-0.05, 0) is 37.7 Å². The number of nitrogens with zero attached hydrogens (tertiary/aromatic N) is 1. The van der Waals surface area contributed by atoms with Crippen molar-refractivity contribution in [1.29, 1.82) is 0 Å². The van der Waals surface area contributed by atoms with Gasteiger partial charge in [0.05, 0.1) is 6.42 Å². The van der Waals surface area contributed by atoms with E-state index < -0.39 is 6.29 Å². The Kier molecular flexibility index (Phi) is 6.85. The number of ether oxygens (including phenoxy) is 3. The van der Waals surface area contributed by atoms with Crippen LogP contribution in [0.1, 0.15) is 44.1 Å². The van der Waals surface area contributed by atoms with Gasteiger partial charge in [-0.2, -0.15) is 0 Å². The van der Waals surface area contributed by atoms with Crippen LogP contribution in [0.5, 0.6) is 0 Å². The van der Waals surface area contributed by atoms with Gasteiger partial charge in [0.25, 0.3) is 0 Å². The van der Waals surface area contributed by atoms with E-state index in [4.69, 9.17) is 14.2 Å². The van der Waals surface area contributed by atoms with E-state index in [0.29, 0.717) is 12.8 Å². The van der Waals surface area contributed by atoms with Gasteiger partial charge in [-0.15, -0.1) is 0 Å². The van der Waals surface area contributed by atoms with E-state index in [0.717, 1.165) is 24.8 Å². The maximum Gasteiger partial charge on any atom is 0.410 e. The molecule has 0 aliphatic carbocycles. The van der Waals surface area contributed by atoms with Crippen LogP contribution in [0, 0.1) is 5.92 Å². The number of amides is 1. The van der Waals surface area contributed by atoms with Crippen LogP contribution in [0.15, 0.2) is 30.3 Å². The van der Waals surface area contributed by atoms with E-state index in [1.807, 2.05) is 35.2 Å². The molecule has 1 aromatic rings.